The van der Waals surface area contributed by atoms with Crippen molar-refractivity contribution in [3.63, 3.8) is 0 Å². The monoisotopic (exact) mass is 308 g/mol. The molecular weight excluding hydrogens is 284 g/mol. The van der Waals surface area contributed by atoms with Crippen LogP contribution in [0.4, 0.5) is 0 Å². The third kappa shape index (κ3) is 3.63. The van der Waals surface area contributed by atoms with Gasteiger partial charge in [-0.05, 0) is 31.6 Å². The van der Waals surface area contributed by atoms with Crippen molar-refractivity contribution in [1.82, 2.24) is 9.62 Å². The van der Waals surface area contributed by atoms with Gasteiger partial charge in [-0.2, -0.15) is 4.31 Å². The molecule has 0 spiro atoms. The maximum absolute atomic E-state index is 12.5. The lowest BCUT2D eigenvalue weighted by Crippen LogP contribution is -2.60. The maximum atomic E-state index is 12.5. The van der Waals surface area contributed by atoms with Crippen molar-refractivity contribution in [2.24, 2.45) is 5.92 Å². The van der Waals surface area contributed by atoms with E-state index in [0.717, 1.165) is 25.7 Å². The molecule has 19 heavy (non-hydrogen) atoms. The number of hydrogen-bond acceptors (Lipinski definition) is 3. The smallest absolute Gasteiger partial charge is 0.214 e. The van der Waals surface area contributed by atoms with Crippen LogP contribution in [0, 0.1) is 5.92 Å². The Balaban J connectivity index is 0.00000133. The van der Waals surface area contributed by atoms with Crippen LogP contribution in [0.25, 0.3) is 0 Å². The van der Waals surface area contributed by atoms with E-state index in [1.807, 2.05) is 0 Å². The number of hydrogen-bond donors (Lipinski definition) is 1. The molecule has 0 aromatic rings. The normalized spacial score (nSPS) is 33.1. The first-order valence-electron chi connectivity index (χ1n) is 7.37. The Morgan fingerprint density at radius 2 is 1.53 bits per heavy atom. The molecule has 1 N–H and O–H groups in total. The van der Waals surface area contributed by atoms with E-state index in [-0.39, 0.29) is 12.4 Å². The van der Waals surface area contributed by atoms with Gasteiger partial charge >= 0.3 is 0 Å². The Labute approximate surface area is 122 Å². The molecule has 0 radical (unpaired) electrons. The van der Waals surface area contributed by atoms with Crippen LogP contribution in [0.5, 0.6) is 0 Å². The van der Waals surface area contributed by atoms with Crippen LogP contribution in [0.15, 0.2) is 0 Å². The van der Waals surface area contributed by atoms with E-state index in [2.05, 4.69) is 5.32 Å². The van der Waals surface area contributed by atoms with Crippen molar-refractivity contribution in [3.8, 4) is 0 Å². The van der Waals surface area contributed by atoms with Gasteiger partial charge in [0, 0.05) is 25.2 Å². The van der Waals surface area contributed by atoms with Gasteiger partial charge in [0.2, 0.25) is 10.0 Å². The highest BCUT2D eigenvalue weighted by molar-refractivity contribution is 7.89. The summed E-state index contributed by atoms with van der Waals surface area (Å²) in [4.78, 5) is 0. The number of piperidine rings is 1. The van der Waals surface area contributed by atoms with Gasteiger partial charge in [-0.3, -0.25) is 0 Å². The summed E-state index contributed by atoms with van der Waals surface area (Å²) in [5.41, 5.74) is 0. The molecule has 2 atom stereocenters. The molecule has 0 amide bonds. The van der Waals surface area contributed by atoms with Crippen LogP contribution in [-0.2, 0) is 10.0 Å². The van der Waals surface area contributed by atoms with Crippen LogP contribution in [0.1, 0.15) is 44.9 Å². The van der Waals surface area contributed by atoms with Crippen molar-refractivity contribution >= 4 is 22.4 Å². The number of fused-ring (bicyclic) bond motifs is 2. The molecule has 6 heteroatoms. The molecule has 3 fully saturated rings. The Morgan fingerprint density at radius 3 is 2.11 bits per heavy atom. The highest BCUT2D eigenvalue weighted by Gasteiger charge is 2.36. The number of rotatable bonds is 3. The summed E-state index contributed by atoms with van der Waals surface area (Å²) >= 11 is 0. The first-order chi connectivity index (χ1) is 8.63. The minimum absolute atomic E-state index is 0. The van der Waals surface area contributed by atoms with Gasteiger partial charge in [0.1, 0.15) is 0 Å². The van der Waals surface area contributed by atoms with Crippen LogP contribution in [0.3, 0.4) is 0 Å². The number of piperazine rings is 1. The van der Waals surface area contributed by atoms with Gasteiger partial charge in [-0.1, -0.05) is 19.3 Å². The second kappa shape index (κ2) is 6.29. The third-order valence-corrected chi connectivity index (χ3v) is 6.72. The van der Waals surface area contributed by atoms with E-state index in [1.54, 1.807) is 4.31 Å². The molecule has 2 saturated heterocycles. The van der Waals surface area contributed by atoms with E-state index in [0.29, 0.717) is 36.8 Å². The summed E-state index contributed by atoms with van der Waals surface area (Å²) in [6, 6.07) is 0.798. The Hall–Kier alpha value is 0.160. The second-order valence-corrected chi connectivity index (χ2v) is 8.25. The van der Waals surface area contributed by atoms with E-state index >= 15 is 0 Å². The fraction of sp³-hybridized carbons (Fsp3) is 1.00. The minimum Gasteiger partial charge on any atom is -0.309 e. The van der Waals surface area contributed by atoms with Crippen molar-refractivity contribution in [2.75, 3.05) is 18.8 Å². The number of sulfonamides is 1. The summed E-state index contributed by atoms with van der Waals surface area (Å²) in [5, 5.41) is 3.54. The Bertz CT molecular complexity index is 383. The molecule has 0 aromatic carbocycles. The highest BCUT2D eigenvalue weighted by Crippen LogP contribution is 2.28. The quantitative estimate of drug-likeness (QED) is 0.864. The van der Waals surface area contributed by atoms with Gasteiger partial charge < -0.3 is 5.32 Å². The van der Waals surface area contributed by atoms with E-state index < -0.39 is 10.0 Å². The van der Waals surface area contributed by atoms with Gasteiger partial charge in [-0.25, -0.2) is 8.42 Å². The van der Waals surface area contributed by atoms with Crippen LogP contribution < -0.4 is 5.32 Å². The van der Waals surface area contributed by atoms with Crippen molar-refractivity contribution in [2.45, 2.75) is 57.0 Å². The summed E-state index contributed by atoms with van der Waals surface area (Å²) in [6.45, 7) is 1.40. The molecule has 2 aliphatic heterocycles. The van der Waals surface area contributed by atoms with Crippen LogP contribution in [0.2, 0.25) is 0 Å². The van der Waals surface area contributed by atoms with Gasteiger partial charge in [0.05, 0.1) is 5.75 Å². The first kappa shape index (κ1) is 15.5. The molecule has 1 aliphatic carbocycles. The molecule has 3 aliphatic rings. The number of nitrogens with zero attached hydrogens (tertiary/aromatic N) is 1. The van der Waals surface area contributed by atoms with Gasteiger partial charge in [0.15, 0.2) is 0 Å². The van der Waals surface area contributed by atoms with Crippen LogP contribution in [-0.4, -0.2) is 43.6 Å². The van der Waals surface area contributed by atoms with Crippen molar-refractivity contribution in [1.29, 1.82) is 0 Å². The summed E-state index contributed by atoms with van der Waals surface area (Å²) < 4.78 is 26.7. The molecule has 1 saturated carbocycles. The lowest BCUT2D eigenvalue weighted by molar-refractivity contribution is 0.190. The molecule has 2 heterocycles. The maximum Gasteiger partial charge on any atom is 0.214 e. The van der Waals surface area contributed by atoms with Crippen molar-refractivity contribution < 1.29 is 8.42 Å². The topological polar surface area (TPSA) is 49.4 Å². The number of nitrogens with one attached hydrogen (secondary N) is 1. The predicted molar refractivity (Wildman–Crippen MR) is 79.1 cm³/mol. The molecule has 4 nitrogen and oxygen atoms in total. The minimum atomic E-state index is -3.02. The lowest BCUT2D eigenvalue weighted by Gasteiger charge is -2.42. The fourth-order valence-corrected chi connectivity index (χ4v) is 5.73. The first-order valence-corrected chi connectivity index (χ1v) is 8.98. The zero-order valence-corrected chi connectivity index (χ0v) is 13.0. The van der Waals surface area contributed by atoms with E-state index in [4.69, 9.17) is 0 Å². The summed E-state index contributed by atoms with van der Waals surface area (Å²) in [5.74, 6) is 0.816. The third-order valence-electron chi connectivity index (χ3n) is 4.74. The van der Waals surface area contributed by atoms with Crippen molar-refractivity contribution in [3.05, 3.63) is 0 Å². The Morgan fingerprint density at radius 1 is 0.947 bits per heavy atom. The zero-order valence-electron chi connectivity index (χ0n) is 11.4. The SMILES string of the molecule is Cl.O=S(=O)(CC1CCCC1)N1CC2CCCC(C1)N2. The van der Waals surface area contributed by atoms with Gasteiger partial charge in [0.25, 0.3) is 0 Å². The average Bonchev–Trinajstić information content (AvgIpc) is 2.80. The lowest BCUT2D eigenvalue weighted by atomic mass is 9.96. The van der Waals surface area contributed by atoms with E-state index in [9.17, 15) is 8.42 Å². The zero-order chi connectivity index (χ0) is 12.6. The fourth-order valence-electron chi connectivity index (χ4n) is 3.77. The molecule has 2 unspecified atom stereocenters. The molecule has 112 valence electrons. The molecule has 3 rings (SSSR count). The van der Waals surface area contributed by atoms with E-state index in [1.165, 1.54) is 19.3 Å². The second-order valence-electron chi connectivity index (χ2n) is 6.24. The summed E-state index contributed by atoms with van der Waals surface area (Å²) in [7, 11) is -3.02. The number of halogens is 1. The van der Waals surface area contributed by atoms with Crippen LogP contribution >= 0.6 is 12.4 Å². The Kier molecular flexibility index (Phi) is 5.15. The standard InChI is InChI=1S/C13H24N2O2S.ClH/c16-18(17,10-11-4-1-2-5-11)15-8-12-6-3-7-13(9-15)14-12;/h11-14H,1-10H2;1H. The molecule has 2 bridgehead atoms. The molecule has 0 aromatic heterocycles. The average molecular weight is 309 g/mol. The summed E-state index contributed by atoms with van der Waals surface area (Å²) in [6.07, 6.45) is 8.16. The highest BCUT2D eigenvalue weighted by atomic mass is 35.5. The predicted octanol–water partition coefficient (Wildman–Crippen LogP) is 1.75. The molecular formula is C13H25ClN2O2S. The largest absolute Gasteiger partial charge is 0.309 e. The van der Waals surface area contributed by atoms with Gasteiger partial charge in [-0.15, -0.1) is 12.4 Å².